The normalized spacial score (nSPS) is 14.5. The standard InChI is InChI=1S/C78H148O17P2/c1-8-10-11-12-13-14-15-16-17-21-26-31-38-45-52-59-75(80)88-65-73(94-77(82)61-54-47-39-32-27-22-19-18-20-25-30-37-44-51-58-71(7)9-2)67-92-96(84,85)90-63-72(79)64-91-97(86,87)93-68-74(66-89-76(81)60-53-46-41-34-36-43-50-57-70(5)6)95-78(83)62-55-48-40-33-28-23-24-29-35-42-49-56-69(3)4/h14-17,69-74,79H,8-13,18-68H2,1-7H3,(H,84,85)(H,86,87)/b15-14-,17-16-/t71?,72?,73-,74-/m1/s1. The van der Waals surface area contributed by atoms with Crippen molar-refractivity contribution in [2.75, 3.05) is 39.6 Å². The predicted molar refractivity (Wildman–Crippen MR) is 395 cm³/mol. The van der Waals surface area contributed by atoms with Crippen LogP contribution < -0.4 is 0 Å². The van der Waals surface area contributed by atoms with Crippen LogP contribution in [-0.2, 0) is 65.4 Å². The van der Waals surface area contributed by atoms with E-state index >= 15 is 0 Å². The molecule has 4 unspecified atom stereocenters. The molecule has 0 fully saturated rings. The molecule has 0 spiro atoms. The Hall–Kier alpha value is -2.46. The molecule has 0 saturated heterocycles. The lowest BCUT2D eigenvalue weighted by atomic mass is 9.99. The van der Waals surface area contributed by atoms with E-state index in [4.69, 9.17) is 37.0 Å². The lowest BCUT2D eigenvalue weighted by molar-refractivity contribution is -0.161. The minimum absolute atomic E-state index is 0.100. The van der Waals surface area contributed by atoms with E-state index in [2.05, 4.69) is 72.8 Å². The maximum atomic E-state index is 13.1. The molecule has 17 nitrogen and oxygen atoms in total. The van der Waals surface area contributed by atoms with E-state index in [0.29, 0.717) is 31.6 Å². The van der Waals surface area contributed by atoms with Crippen molar-refractivity contribution in [1.29, 1.82) is 0 Å². The van der Waals surface area contributed by atoms with Crippen molar-refractivity contribution in [1.82, 2.24) is 0 Å². The van der Waals surface area contributed by atoms with Crippen LogP contribution in [0, 0.1) is 17.8 Å². The molecule has 0 aliphatic rings. The summed E-state index contributed by atoms with van der Waals surface area (Å²) in [7, 11) is -9.93. The number of phosphoric ester groups is 2. The number of hydrogen-bond donors (Lipinski definition) is 3. The molecule has 6 atom stereocenters. The maximum Gasteiger partial charge on any atom is 0.472 e. The Kier molecular flexibility index (Phi) is 66.3. The molecule has 0 bridgehead atoms. The highest BCUT2D eigenvalue weighted by atomic mass is 31.2. The third kappa shape index (κ3) is 70.4. The topological polar surface area (TPSA) is 237 Å². The van der Waals surface area contributed by atoms with Gasteiger partial charge < -0.3 is 33.8 Å². The van der Waals surface area contributed by atoms with Crippen LogP contribution in [0.25, 0.3) is 0 Å². The molecule has 0 aromatic rings. The van der Waals surface area contributed by atoms with E-state index in [1.807, 2.05) is 0 Å². The third-order valence-corrected chi connectivity index (χ3v) is 19.8. The van der Waals surface area contributed by atoms with Gasteiger partial charge in [0, 0.05) is 25.7 Å². The number of allylic oxidation sites excluding steroid dienone is 4. The van der Waals surface area contributed by atoms with Gasteiger partial charge in [-0.15, -0.1) is 0 Å². The fraction of sp³-hybridized carbons (Fsp3) is 0.897. The third-order valence-electron chi connectivity index (χ3n) is 17.9. The minimum atomic E-state index is -4.97. The molecule has 0 aromatic carbocycles. The number of rotatable bonds is 74. The average Bonchev–Trinajstić information content (AvgIpc) is 1.51. The summed E-state index contributed by atoms with van der Waals surface area (Å²) in [4.78, 5) is 72.9. The Labute approximate surface area is 592 Å². The number of ether oxygens (including phenoxy) is 4. The quantitative estimate of drug-likeness (QED) is 0.0169. The first-order valence-electron chi connectivity index (χ1n) is 39.7. The first-order chi connectivity index (χ1) is 46.8. The van der Waals surface area contributed by atoms with Crippen LogP contribution in [0.15, 0.2) is 24.3 Å². The summed E-state index contributed by atoms with van der Waals surface area (Å²) < 4.78 is 68.5. The van der Waals surface area contributed by atoms with Gasteiger partial charge in [0.15, 0.2) is 12.2 Å². The van der Waals surface area contributed by atoms with E-state index in [9.17, 15) is 43.2 Å². The van der Waals surface area contributed by atoms with Gasteiger partial charge in [0.05, 0.1) is 26.4 Å². The Morgan fingerprint density at radius 1 is 0.340 bits per heavy atom. The zero-order valence-corrected chi connectivity index (χ0v) is 64.8. The van der Waals surface area contributed by atoms with Gasteiger partial charge in [-0.1, -0.05) is 323 Å². The number of carbonyl (C=O) groups is 4. The van der Waals surface area contributed by atoms with Crippen molar-refractivity contribution >= 4 is 39.5 Å². The maximum absolute atomic E-state index is 13.1. The average molecular weight is 1420 g/mol. The number of phosphoric acid groups is 2. The molecule has 0 aliphatic heterocycles. The zero-order valence-electron chi connectivity index (χ0n) is 63.0. The van der Waals surface area contributed by atoms with Crippen LogP contribution in [-0.4, -0.2) is 96.7 Å². The number of esters is 4. The zero-order chi connectivity index (χ0) is 71.6. The number of hydrogen-bond acceptors (Lipinski definition) is 15. The Balaban J connectivity index is 5.29. The molecule has 0 amide bonds. The van der Waals surface area contributed by atoms with Crippen molar-refractivity contribution in [2.45, 2.75) is 394 Å². The Morgan fingerprint density at radius 3 is 0.918 bits per heavy atom. The summed E-state index contributed by atoms with van der Waals surface area (Å²) in [5.74, 6) is 0.165. The van der Waals surface area contributed by atoms with Crippen LogP contribution >= 0.6 is 15.6 Å². The van der Waals surface area contributed by atoms with E-state index in [1.54, 1.807) is 0 Å². The molecule has 0 rings (SSSR count). The lowest BCUT2D eigenvalue weighted by Crippen LogP contribution is -2.30. The van der Waals surface area contributed by atoms with Gasteiger partial charge in [-0.25, -0.2) is 9.13 Å². The Morgan fingerprint density at radius 2 is 0.608 bits per heavy atom. The van der Waals surface area contributed by atoms with Crippen molar-refractivity contribution < 1.29 is 80.2 Å². The van der Waals surface area contributed by atoms with Gasteiger partial charge in [0.25, 0.3) is 0 Å². The highest BCUT2D eigenvalue weighted by Gasteiger charge is 2.30. The van der Waals surface area contributed by atoms with Crippen LogP contribution in [0.1, 0.15) is 376 Å². The van der Waals surface area contributed by atoms with E-state index in [0.717, 1.165) is 127 Å². The van der Waals surface area contributed by atoms with Gasteiger partial charge in [0.2, 0.25) is 0 Å². The highest BCUT2D eigenvalue weighted by Crippen LogP contribution is 2.45. The molecular formula is C78H148O17P2. The molecule has 572 valence electrons. The highest BCUT2D eigenvalue weighted by molar-refractivity contribution is 7.47. The van der Waals surface area contributed by atoms with Gasteiger partial charge in [-0.05, 0) is 69.1 Å². The number of carbonyl (C=O) groups excluding carboxylic acids is 4. The van der Waals surface area contributed by atoms with Crippen LogP contribution in [0.3, 0.4) is 0 Å². The number of aliphatic hydroxyl groups excluding tert-OH is 1. The molecule has 0 aliphatic carbocycles. The predicted octanol–water partition coefficient (Wildman–Crippen LogP) is 22.5. The smallest absolute Gasteiger partial charge is 0.462 e. The largest absolute Gasteiger partial charge is 0.472 e. The second-order valence-corrected chi connectivity index (χ2v) is 31.5. The summed E-state index contributed by atoms with van der Waals surface area (Å²) in [5, 5.41) is 10.6. The molecule has 0 heterocycles. The molecule has 3 N–H and O–H groups in total. The van der Waals surface area contributed by atoms with E-state index < -0.39 is 97.5 Å². The van der Waals surface area contributed by atoms with Crippen molar-refractivity contribution in [3.63, 3.8) is 0 Å². The minimum Gasteiger partial charge on any atom is -0.462 e. The van der Waals surface area contributed by atoms with Gasteiger partial charge >= 0.3 is 39.5 Å². The second kappa shape index (κ2) is 68.0. The second-order valence-electron chi connectivity index (χ2n) is 28.6. The van der Waals surface area contributed by atoms with Crippen molar-refractivity contribution in [2.24, 2.45) is 17.8 Å². The van der Waals surface area contributed by atoms with Gasteiger partial charge in [0.1, 0.15) is 19.3 Å². The SMILES string of the molecule is CCCCCC/C=C\C=C/CCCCCCCC(=O)OC[C@H](COP(=O)(O)OCC(O)COP(=O)(O)OC[C@@H](COC(=O)CCCCCCCCCC(C)C)OC(=O)CCCCCCCCCCCCCC(C)C)OC(=O)CCCCCCCCCCCCCCCCC(C)CC. The molecular weight excluding hydrogens is 1270 g/mol. The summed E-state index contributed by atoms with van der Waals surface area (Å²) >= 11 is 0. The number of aliphatic hydroxyl groups is 1. The van der Waals surface area contributed by atoms with Crippen LogP contribution in [0.2, 0.25) is 0 Å². The first-order valence-corrected chi connectivity index (χ1v) is 42.7. The summed E-state index contributed by atoms with van der Waals surface area (Å²) in [6.07, 6.45) is 57.7. The Bertz CT molecular complexity index is 1980. The molecule has 19 heteroatoms. The van der Waals surface area contributed by atoms with Crippen LogP contribution in [0.4, 0.5) is 0 Å². The van der Waals surface area contributed by atoms with E-state index in [1.165, 1.54) is 161 Å². The summed E-state index contributed by atoms with van der Waals surface area (Å²) in [6.45, 7) is 11.8. The molecule has 0 saturated carbocycles. The fourth-order valence-electron chi connectivity index (χ4n) is 11.4. The fourth-order valence-corrected chi connectivity index (χ4v) is 13.0. The van der Waals surface area contributed by atoms with Gasteiger partial charge in [-0.3, -0.25) is 37.3 Å². The van der Waals surface area contributed by atoms with Crippen molar-refractivity contribution in [3.8, 4) is 0 Å². The molecule has 0 aromatic heterocycles. The summed E-state index contributed by atoms with van der Waals surface area (Å²) in [5.41, 5.74) is 0. The monoisotopic (exact) mass is 1420 g/mol. The summed E-state index contributed by atoms with van der Waals surface area (Å²) in [6, 6.07) is 0. The lowest BCUT2D eigenvalue weighted by Gasteiger charge is -2.21. The first kappa shape index (κ1) is 94.5. The number of unbranched alkanes of at least 4 members (excludes halogenated alkanes) is 38. The van der Waals surface area contributed by atoms with Crippen LogP contribution in [0.5, 0.6) is 0 Å². The van der Waals surface area contributed by atoms with E-state index in [-0.39, 0.29) is 25.7 Å². The van der Waals surface area contributed by atoms with Gasteiger partial charge in [-0.2, -0.15) is 0 Å². The van der Waals surface area contributed by atoms with Crippen molar-refractivity contribution in [3.05, 3.63) is 24.3 Å². The molecule has 97 heavy (non-hydrogen) atoms. The molecule has 0 radical (unpaired) electrons.